The molecule has 148 valence electrons. The van der Waals surface area contributed by atoms with Crippen LogP contribution in [0.5, 0.6) is 5.75 Å². The number of nitrogen functional groups attached to an aromatic ring is 1. The fraction of sp³-hybridized carbons (Fsp3) is 0.150. The van der Waals surface area contributed by atoms with Gasteiger partial charge in [-0.25, -0.2) is 4.68 Å². The number of halogens is 1. The van der Waals surface area contributed by atoms with Gasteiger partial charge in [-0.1, -0.05) is 23.7 Å². The Balaban J connectivity index is 1.34. The number of anilines is 1. The summed E-state index contributed by atoms with van der Waals surface area (Å²) in [6.07, 6.45) is 3.23. The van der Waals surface area contributed by atoms with Crippen LogP contribution in [0, 0.1) is 0 Å². The first-order valence-electron chi connectivity index (χ1n) is 9.00. The zero-order valence-electron chi connectivity index (χ0n) is 15.4. The van der Waals surface area contributed by atoms with Gasteiger partial charge in [0.15, 0.2) is 0 Å². The predicted molar refractivity (Wildman–Crippen MR) is 111 cm³/mol. The second-order valence-electron chi connectivity index (χ2n) is 6.45. The van der Waals surface area contributed by atoms with Crippen LogP contribution in [-0.2, 0) is 6.54 Å². The molecule has 0 saturated heterocycles. The van der Waals surface area contributed by atoms with Gasteiger partial charge in [0.25, 0.3) is 5.91 Å². The molecule has 0 aliphatic heterocycles. The van der Waals surface area contributed by atoms with E-state index in [0.29, 0.717) is 41.8 Å². The van der Waals surface area contributed by atoms with Crippen LogP contribution in [0.4, 0.5) is 5.82 Å². The Labute approximate surface area is 171 Å². The van der Waals surface area contributed by atoms with Crippen molar-refractivity contribution in [1.29, 1.82) is 0 Å². The lowest BCUT2D eigenvalue weighted by Crippen LogP contribution is -2.28. The molecule has 0 unspecified atom stereocenters. The van der Waals surface area contributed by atoms with Crippen molar-refractivity contribution in [1.82, 2.24) is 25.3 Å². The number of nitrogens with zero attached hydrogens (tertiary/aromatic N) is 3. The van der Waals surface area contributed by atoms with E-state index in [4.69, 9.17) is 22.1 Å². The second-order valence-corrected chi connectivity index (χ2v) is 6.89. The molecule has 2 aromatic heterocycles. The Bertz CT molecular complexity index is 1150. The highest BCUT2D eigenvalue weighted by molar-refractivity contribution is 6.30. The van der Waals surface area contributed by atoms with E-state index in [0.717, 1.165) is 16.5 Å². The molecule has 8 nitrogen and oxygen atoms in total. The van der Waals surface area contributed by atoms with Crippen LogP contribution < -0.4 is 15.8 Å². The van der Waals surface area contributed by atoms with Crippen molar-refractivity contribution >= 4 is 34.2 Å². The largest absolute Gasteiger partial charge is 0.492 e. The van der Waals surface area contributed by atoms with Gasteiger partial charge in [-0.3, -0.25) is 9.89 Å². The van der Waals surface area contributed by atoms with E-state index in [9.17, 15) is 4.79 Å². The Morgan fingerprint density at radius 2 is 2.14 bits per heavy atom. The van der Waals surface area contributed by atoms with Crippen LogP contribution >= 0.6 is 11.6 Å². The SMILES string of the molecule is Nc1c(C(=O)NCCOc2cccc(Cl)c2)cnn1Cc1ccc2[nH]ncc2c1. The Morgan fingerprint density at radius 3 is 3.00 bits per heavy atom. The summed E-state index contributed by atoms with van der Waals surface area (Å²) in [5.41, 5.74) is 8.43. The summed E-state index contributed by atoms with van der Waals surface area (Å²) in [5.74, 6) is 0.660. The van der Waals surface area contributed by atoms with Crippen molar-refractivity contribution in [3.63, 3.8) is 0 Å². The molecule has 2 heterocycles. The molecule has 4 N–H and O–H groups in total. The van der Waals surface area contributed by atoms with Gasteiger partial charge in [-0.2, -0.15) is 10.2 Å². The number of hydrogen-bond donors (Lipinski definition) is 3. The summed E-state index contributed by atoms with van der Waals surface area (Å²) in [6.45, 7) is 1.09. The molecule has 9 heteroatoms. The van der Waals surface area contributed by atoms with Crippen molar-refractivity contribution in [3.8, 4) is 5.75 Å². The molecular weight excluding hydrogens is 392 g/mol. The minimum absolute atomic E-state index is 0.297. The van der Waals surface area contributed by atoms with E-state index in [1.54, 1.807) is 35.1 Å². The predicted octanol–water partition coefficient (Wildman–Crippen LogP) is 2.85. The number of hydrogen-bond acceptors (Lipinski definition) is 5. The van der Waals surface area contributed by atoms with Gasteiger partial charge in [-0.05, 0) is 35.9 Å². The van der Waals surface area contributed by atoms with E-state index in [-0.39, 0.29) is 5.91 Å². The third-order valence-electron chi connectivity index (χ3n) is 4.41. The van der Waals surface area contributed by atoms with Crippen LogP contribution in [0.15, 0.2) is 54.9 Å². The van der Waals surface area contributed by atoms with Gasteiger partial charge in [0.05, 0.1) is 31.0 Å². The van der Waals surface area contributed by atoms with Gasteiger partial charge in [0.1, 0.15) is 23.7 Å². The van der Waals surface area contributed by atoms with Crippen molar-refractivity contribution in [2.45, 2.75) is 6.54 Å². The molecule has 0 saturated carbocycles. The Kier molecular flexibility index (Phi) is 5.35. The van der Waals surface area contributed by atoms with Gasteiger partial charge in [0.2, 0.25) is 0 Å². The zero-order chi connectivity index (χ0) is 20.2. The number of H-pyrrole nitrogens is 1. The van der Waals surface area contributed by atoms with Crippen LogP contribution in [0.3, 0.4) is 0 Å². The number of amides is 1. The number of fused-ring (bicyclic) bond motifs is 1. The number of ether oxygens (including phenoxy) is 1. The lowest BCUT2D eigenvalue weighted by Gasteiger charge is -2.08. The molecule has 0 bridgehead atoms. The smallest absolute Gasteiger partial charge is 0.256 e. The van der Waals surface area contributed by atoms with E-state index >= 15 is 0 Å². The molecule has 0 aliphatic rings. The third-order valence-corrected chi connectivity index (χ3v) is 4.65. The maximum atomic E-state index is 12.4. The van der Waals surface area contributed by atoms with Gasteiger partial charge >= 0.3 is 0 Å². The lowest BCUT2D eigenvalue weighted by atomic mass is 10.1. The van der Waals surface area contributed by atoms with Gasteiger partial charge in [0, 0.05) is 10.4 Å². The molecule has 0 fully saturated rings. The summed E-state index contributed by atoms with van der Waals surface area (Å²) in [4.78, 5) is 12.4. The summed E-state index contributed by atoms with van der Waals surface area (Å²) in [5, 5.41) is 15.6. The van der Waals surface area contributed by atoms with Crippen LogP contribution in [0.2, 0.25) is 5.02 Å². The zero-order valence-corrected chi connectivity index (χ0v) is 16.2. The average molecular weight is 411 g/mol. The number of carbonyl (C=O) groups excluding carboxylic acids is 1. The van der Waals surface area contributed by atoms with Crippen molar-refractivity contribution in [2.75, 3.05) is 18.9 Å². The summed E-state index contributed by atoms with van der Waals surface area (Å²) < 4.78 is 7.15. The second kappa shape index (κ2) is 8.24. The molecule has 29 heavy (non-hydrogen) atoms. The van der Waals surface area contributed by atoms with Crippen molar-refractivity contribution in [2.24, 2.45) is 0 Å². The maximum Gasteiger partial charge on any atom is 0.256 e. The molecule has 2 aromatic carbocycles. The first-order valence-corrected chi connectivity index (χ1v) is 9.38. The van der Waals surface area contributed by atoms with Gasteiger partial charge in [-0.15, -0.1) is 0 Å². The standard InChI is InChI=1S/C20H19ClN6O2/c21-15-2-1-3-16(9-15)29-7-6-23-20(28)17-11-25-27(19(17)22)12-13-4-5-18-14(8-13)10-24-26-18/h1-5,8-11H,6-7,12,22H2,(H,23,28)(H,24,26). The quantitative estimate of drug-likeness (QED) is 0.406. The normalized spacial score (nSPS) is 10.9. The molecule has 0 aliphatic carbocycles. The highest BCUT2D eigenvalue weighted by Gasteiger charge is 2.15. The number of aromatic amines is 1. The molecule has 1 amide bonds. The summed E-state index contributed by atoms with van der Waals surface area (Å²) in [6, 6.07) is 13.0. The Hall–Kier alpha value is -3.52. The van der Waals surface area contributed by atoms with Gasteiger partial charge < -0.3 is 15.8 Å². The van der Waals surface area contributed by atoms with Crippen LogP contribution in [-0.4, -0.2) is 39.0 Å². The third kappa shape index (κ3) is 4.33. The lowest BCUT2D eigenvalue weighted by molar-refractivity contribution is 0.0948. The van der Waals surface area contributed by atoms with E-state index < -0.39 is 0 Å². The molecule has 0 radical (unpaired) electrons. The average Bonchev–Trinajstić information content (AvgIpc) is 3.32. The maximum absolute atomic E-state index is 12.4. The molecule has 4 rings (SSSR count). The highest BCUT2D eigenvalue weighted by Crippen LogP contribution is 2.18. The van der Waals surface area contributed by atoms with Crippen molar-refractivity contribution in [3.05, 3.63) is 71.0 Å². The number of nitrogens with one attached hydrogen (secondary N) is 2. The van der Waals surface area contributed by atoms with E-state index in [1.807, 2.05) is 18.2 Å². The minimum Gasteiger partial charge on any atom is -0.492 e. The monoisotopic (exact) mass is 410 g/mol. The number of carbonyl (C=O) groups is 1. The molecule has 0 spiro atoms. The fourth-order valence-electron chi connectivity index (χ4n) is 2.94. The summed E-state index contributed by atoms with van der Waals surface area (Å²) in [7, 11) is 0. The highest BCUT2D eigenvalue weighted by atomic mass is 35.5. The van der Waals surface area contributed by atoms with E-state index in [1.165, 1.54) is 6.20 Å². The van der Waals surface area contributed by atoms with E-state index in [2.05, 4.69) is 20.6 Å². The van der Waals surface area contributed by atoms with Crippen LogP contribution in [0.25, 0.3) is 10.9 Å². The molecule has 4 aromatic rings. The Morgan fingerprint density at radius 1 is 1.24 bits per heavy atom. The number of rotatable bonds is 7. The molecular formula is C20H19ClN6O2. The number of aromatic nitrogens is 4. The first kappa shape index (κ1) is 18.8. The first-order chi connectivity index (χ1) is 14.1. The molecule has 0 atom stereocenters. The van der Waals surface area contributed by atoms with Crippen molar-refractivity contribution < 1.29 is 9.53 Å². The topological polar surface area (TPSA) is 111 Å². The van der Waals surface area contributed by atoms with Crippen LogP contribution in [0.1, 0.15) is 15.9 Å². The number of nitrogens with two attached hydrogens (primary N) is 1. The minimum atomic E-state index is -0.297. The number of benzene rings is 2. The fourth-order valence-corrected chi connectivity index (χ4v) is 3.12. The summed E-state index contributed by atoms with van der Waals surface area (Å²) >= 11 is 5.91.